The Kier molecular flexibility index (Phi) is 6.50. The van der Waals surface area contributed by atoms with Gasteiger partial charge in [-0.2, -0.15) is 0 Å². The molecule has 1 spiro atoms. The minimum atomic E-state index is 0.447. The van der Waals surface area contributed by atoms with Gasteiger partial charge in [0, 0.05) is 43.8 Å². The lowest BCUT2D eigenvalue weighted by Gasteiger charge is -2.57. The molecule has 2 aromatic carbocycles. The number of fused-ring (bicyclic) bond motifs is 1. The highest BCUT2D eigenvalue weighted by molar-refractivity contribution is 5.47. The number of ether oxygens (including phenoxy) is 2. The summed E-state index contributed by atoms with van der Waals surface area (Å²) in [6.07, 6.45) is 5.48. The summed E-state index contributed by atoms with van der Waals surface area (Å²) in [7, 11) is 0. The topological polar surface area (TPSA) is 37.0 Å². The highest BCUT2D eigenvalue weighted by Gasteiger charge is 2.49. The molecule has 35 heavy (non-hydrogen) atoms. The number of nitrogens with zero attached hydrogens (tertiary/aromatic N) is 2. The van der Waals surface area contributed by atoms with E-state index >= 15 is 0 Å². The summed E-state index contributed by atoms with van der Waals surface area (Å²) in [5, 5.41) is 3.57. The smallest absolute Gasteiger partial charge is 0.165 e. The van der Waals surface area contributed by atoms with Crippen LogP contribution in [0.2, 0.25) is 0 Å². The van der Waals surface area contributed by atoms with Gasteiger partial charge in [0.25, 0.3) is 0 Å². The molecule has 5 heteroatoms. The number of hydrogen-bond acceptors (Lipinski definition) is 5. The zero-order valence-electron chi connectivity index (χ0n) is 21.5. The van der Waals surface area contributed by atoms with E-state index in [1.54, 1.807) is 0 Å². The third kappa shape index (κ3) is 4.59. The van der Waals surface area contributed by atoms with Gasteiger partial charge in [0.1, 0.15) is 13.2 Å². The predicted molar refractivity (Wildman–Crippen MR) is 140 cm³/mol. The van der Waals surface area contributed by atoms with Crippen LogP contribution in [0.1, 0.15) is 68.2 Å². The Labute approximate surface area is 210 Å². The summed E-state index contributed by atoms with van der Waals surface area (Å²) >= 11 is 0. The van der Waals surface area contributed by atoms with Crippen LogP contribution in [0.15, 0.2) is 42.5 Å². The van der Waals surface area contributed by atoms with Crippen LogP contribution in [-0.4, -0.2) is 61.8 Å². The van der Waals surface area contributed by atoms with Crippen molar-refractivity contribution in [1.29, 1.82) is 0 Å². The molecule has 1 saturated carbocycles. The van der Waals surface area contributed by atoms with E-state index in [0.717, 1.165) is 43.7 Å². The van der Waals surface area contributed by atoms with Gasteiger partial charge < -0.3 is 14.8 Å². The van der Waals surface area contributed by atoms with Gasteiger partial charge in [-0.25, -0.2) is 0 Å². The van der Waals surface area contributed by atoms with Crippen molar-refractivity contribution < 1.29 is 9.47 Å². The van der Waals surface area contributed by atoms with Crippen molar-refractivity contribution in [3.05, 3.63) is 59.2 Å². The maximum atomic E-state index is 6.04. The zero-order valence-corrected chi connectivity index (χ0v) is 21.5. The molecule has 2 aromatic rings. The third-order valence-corrected chi connectivity index (χ3v) is 9.00. The normalized spacial score (nSPS) is 25.1. The zero-order chi connectivity index (χ0) is 23.8. The minimum Gasteiger partial charge on any atom is -0.486 e. The molecule has 0 radical (unpaired) electrons. The van der Waals surface area contributed by atoms with Gasteiger partial charge in [-0.3, -0.25) is 9.80 Å². The second-order valence-corrected chi connectivity index (χ2v) is 11.5. The lowest BCUT2D eigenvalue weighted by molar-refractivity contribution is -0.0651. The van der Waals surface area contributed by atoms with E-state index < -0.39 is 0 Å². The number of piperidine rings is 1. The van der Waals surface area contributed by atoms with Gasteiger partial charge >= 0.3 is 0 Å². The summed E-state index contributed by atoms with van der Waals surface area (Å²) in [4.78, 5) is 5.52. The van der Waals surface area contributed by atoms with E-state index in [0.29, 0.717) is 30.6 Å². The Morgan fingerprint density at radius 1 is 0.971 bits per heavy atom. The van der Waals surface area contributed by atoms with Crippen LogP contribution < -0.4 is 14.8 Å². The Hall–Kier alpha value is -2.08. The molecule has 0 unspecified atom stereocenters. The molecule has 3 aliphatic heterocycles. The molecular weight excluding hydrogens is 434 g/mol. The quantitative estimate of drug-likeness (QED) is 0.661. The van der Waals surface area contributed by atoms with E-state index in [2.05, 4.69) is 65.4 Å². The van der Waals surface area contributed by atoms with E-state index in [4.69, 9.17) is 9.47 Å². The van der Waals surface area contributed by atoms with Crippen molar-refractivity contribution in [2.75, 3.05) is 45.9 Å². The Balaban J connectivity index is 1.24. The van der Waals surface area contributed by atoms with Crippen LogP contribution in [0, 0.1) is 5.41 Å². The van der Waals surface area contributed by atoms with Crippen molar-refractivity contribution >= 4 is 0 Å². The molecule has 3 heterocycles. The lowest BCUT2D eigenvalue weighted by atomic mass is 9.60. The SMILES string of the molecule is CC(C)c1ccccc1[C@@H]1CN(Cc2cccc3c2OCCO3)CCN1C1CC2(CCNCC2)C1. The first-order chi connectivity index (χ1) is 17.1. The largest absolute Gasteiger partial charge is 0.486 e. The highest BCUT2D eigenvalue weighted by Crippen LogP contribution is 2.52. The van der Waals surface area contributed by atoms with Crippen molar-refractivity contribution in [1.82, 2.24) is 15.1 Å². The molecule has 0 amide bonds. The number of hydrogen-bond donors (Lipinski definition) is 1. The molecule has 0 bridgehead atoms. The first-order valence-electron chi connectivity index (χ1n) is 13.8. The molecule has 188 valence electrons. The molecule has 1 N–H and O–H groups in total. The fraction of sp³-hybridized carbons (Fsp3) is 0.600. The third-order valence-electron chi connectivity index (χ3n) is 9.00. The van der Waals surface area contributed by atoms with Crippen LogP contribution in [0.5, 0.6) is 11.5 Å². The van der Waals surface area contributed by atoms with Crippen LogP contribution in [-0.2, 0) is 6.54 Å². The predicted octanol–water partition coefficient (Wildman–Crippen LogP) is 4.97. The molecule has 2 saturated heterocycles. The number of rotatable bonds is 5. The molecule has 3 fully saturated rings. The highest BCUT2D eigenvalue weighted by atomic mass is 16.6. The lowest BCUT2D eigenvalue weighted by Crippen LogP contribution is -2.59. The average molecular weight is 476 g/mol. The monoisotopic (exact) mass is 475 g/mol. The summed E-state index contributed by atoms with van der Waals surface area (Å²) in [5.41, 5.74) is 4.90. The molecule has 1 atom stereocenters. The number of para-hydroxylation sites is 1. The van der Waals surface area contributed by atoms with E-state index in [-0.39, 0.29) is 0 Å². The maximum absolute atomic E-state index is 6.04. The van der Waals surface area contributed by atoms with Crippen molar-refractivity contribution in [2.45, 2.75) is 64.1 Å². The van der Waals surface area contributed by atoms with Crippen LogP contribution in [0.4, 0.5) is 0 Å². The fourth-order valence-electron chi connectivity index (χ4n) is 7.09. The van der Waals surface area contributed by atoms with Gasteiger partial charge in [-0.15, -0.1) is 0 Å². The first-order valence-corrected chi connectivity index (χ1v) is 13.8. The molecule has 6 rings (SSSR count). The van der Waals surface area contributed by atoms with Crippen LogP contribution >= 0.6 is 0 Å². The molecule has 4 aliphatic rings. The first kappa shape index (κ1) is 23.3. The van der Waals surface area contributed by atoms with Crippen LogP contribution in [0.25, 0.3) is 0 Å². The maximum Gasteiger partial charge on any atom is 0.165 e. The van der Waals surface area contributed by atoms with Gasteiger partial charge in [-0.05, 0) is 67.3 Å². The Bertz CT molecular complexity index is 1020. The standard InChI is InChI=1S/C30H41N3O2/c1-22(2)25-7-3-4-8-26(25)27-21-32(20-23-6-5-9-28-29(23)35-17-16-34-28)14-15-33(27)24-18-30(19-24)10-12-31-13-11-30/h3-9,22,24,27,31H,10-21H2,1-2H3/t27-/m0/s1. The summed E-state index contributed by atoms with van der Waals surface area (Å²) in [6, 6.07) is 16.7. The number of piperazine rings is 1. The van der Waals surface area contributed by atoms with Gasteiger partial charge in [0.2, 0.25) is 0 Å². The summed E-state index contributed by atoms with van der Waals surface area (Å²) < 4.78 is 11.9. The minimum absolute atomic E-state index is 0.447. The fourth-order valence-corrected chi connectivity index (χ4v) is 7.09. The number of nitrogens with one attached hydrogen (secondary N) is 1. The van der Waals surface area contributed by atoms with Crippen molar-refractivity contribution in [2.24, 2.45) is 5.41 Å². The van der Waals surface area contributed by atoms with E-state index in [1.165, 1.54) is 55.5 Å². The van der Waals surface area contributed by atoms with E-state index in [1.807, 2.05) is 6.07 Å². The second-order valence-electron chi connectivity index (χ2n) is 11.5. The summed E-state index contributed by atoms with van der Waals surface area (Å²) in [5.74, 6) is 2.38. The molecule has 1 aliphatic carbocycles. The second kappa shape index (κ2) is 9.76. The molecule has 0 aromatic heterocycles. The van der Waals surface area contributed by atoms with E-state index in [9.17, 15) is 0 Å². The van der Waals surface area contributed by atoms with Gasteiger partial charge in [-0.1, -0.05) is 50.2 Å². The average Bonchev–Trinajstić information content (AvgIpc) is 2.88. The van der Waals surface area contributed by atoms with Crippen molar-refractivity contribution in [3.63, 3.8) is 0 Å². The van der Waals surface area contributed by atoms with Crippen molar-refractivity contribution in [3.8, 4) is 11.5 Å². The summed E-state index contributed by atoms with van der Waals surface area (Å²) in [6.45, 7) is 12.6. The van der Waals surface area contributed by atoms with Gasteiger partial charge in [0.15, 0.2) is 11.5 Å². The van der Waals surface area contributed by atoms with Gasteiger partial charge in [0.05, 0.1) is 0 Å². The Morgan fingerprint density at radius 3 is 2.60 bits per heavy atom. The number of benzene rings is 2. The molecule has 5 nitrogen and oxygen atoms in total. The van der Waals surface area contributed by atoms with Crippen LogP contribution in [0.3, 0.4) is 0 Å². The Morgan fingerprint density at radius 2 is 1.77 bits per heavy atom. The molecular formula is C30H41N3O2.